The lowest BCUT2D eigenvalue weighted by atomic mass is 10.2. The molecule has 1 aliphatic heterocycles. The Morgan fingerprint density at radius 2 is 2.26 bits per heavy atom. The first kappa shape index (κ1) is 17.8. The molecule has 1 saturated heterocycles. The molecule has 0 atom stereocenters. The van der Waals surface area contributed by atoms with Crippen LogP contribution in [-0.4, -0.2) is 47.8 Å². The molecule has 1 aromatic rings. The van der Waals surface area contributed by atoms with E-state index in [1.165, 1.54) is 16.7 Å². The zero-order valence-corrected chi connectivity index (χ0v) is 15.3. The molecule has 0 unspecified atom stereocenters. The summed E-state index contributed by atoms with van der Waals surface area (Å²) in [6, 6.07) is 3.30. The maximum atomic E-state index is 12.1. The number of rotatable bonds is 4. The molecule has 1 heterocycles. The number of aliphatic carboxylic acids is 1. The summed E-state index contributed by atoms with van der Waals surface area (Å²) >= 11 is 10.7. The second-order valence-corrected chi connectivity index (χ2v) is 6.75. The minimum atomic E-state index is -1.10. The van der Waals surface area contributed by atoms with E-state index in [9.17, 15) is 9.59 Å². The smallest absolute Gasteiger partial charge is 0.341 e. The zero-order valence-electron chi connectivity index (χ0n) is 12.2. The highest BCUT2D eigenvalue weighted by molar-refractivity contribution is 9.10. The first-order chi connectivity index (χ1) is 10.8. The first-order valence-electron chi connectivity index (χ1n) is 6.31. The van der Waals surface area contributed by atoms with Crippen molar-refractivity contribution in [2.75, 3.05) is 20.7 Å². The molecule has 1 aromatic carbocycles. The summed E-state index contributed by atoms with van der Waals surface area (Å²) in [6.45, 7) is -0.492. The van der Waals surface area contributed by atoms with E-state index in [2.05, 4.69) is 20.9 Å². The monoisotopic (exact) mass is 418 g/mol. The first-order valence-corrected chi connectivity index (χ1v) is 8.30. The Morgan fingerprint density at radius 1 is 1.57 bits per heavy atom. The summed E-state index contributed by atoms with van der Waals surface area (Å²) in [7, 11) is 3.28. The molecule has 0 bridgehead atoms. The third-order valence-corrected chi connectivity index (χ3v) is 4.87. The molecular formula is C14H12BrClN2O4S. The molecule has 122 valence electrons. The molecule has 1 N–H and O–H groups in total. The van der Waals surface area contributed by atoms with Crippen molar-refractivity contribution in [3.63, 3.8) is 0 Å². The minimum Gasteiger partial charge on any atom is -0.479 e. The van der Waals surface area contributed by atoms with Crippen molar-refractivity contribution in [3.8, 4) is 5.75 Å². The Bertz CT molecular complexity index is 712. The molecule has 23 heavy (non-hydrogen) atoms. The lowest BCUT2D eigenvalue weighted by Gasteiger charge is -2.09. The molecule has 0 radical (unpaired) electrons. The van der Waals surface area contributed by atoms with Gasteiger partial charge in [0.2, 0.25) is 0 Å². The number of amidine groups is 1. The zero-order chi connectivity index (χ0) is 17.1. The van der Waals surface area contributed by atoms with Gasteiger partial charge in [-0.3, -0.25) is 14.7 Å². The van der Waals surface area contributed by atoms with Crippen molar-refractivity contribution in [2.24, 2.45) is 4.99 Å². The summed E-state index contributed by atoms with van der Waals surface area (Å²) in [5, 5.41) is 9.52. The number of carbonyl (C=O) groups is 2. The summed E-state index contributed by atoms with van der Waals surface area (Å²) in [6.07, 6.45) is 1.69. The number of nitrogens with zero attached hydrogens (tertiary/aromatic N) is 2. The molecule has 9 heteroatoms. The normalized spacial score (nSPS) is 18.1. The van der Waals surface area contributed by atoms with E-state index in [-0.39, 0.29) is 16.7 Å². The van der Waals surface area contributed by atoms with Crippen LogP contribution in [0.3, 0.4) is 0 Å². The minimum absolute atomic E-state index is 0.144. The maximum absolute atomic E-state index is 12.1. The van der Waals surface area contributed by atoms with Crippen molar-refractivity contribution in [3.05, 3.63) is 32.1 Å². The number of ether oxygens (including phenoxy) is 1. The van der Waals surface area contributed by atoms with Gasteiger partial charge in [-0.05, 0) is 51.5 Å². The van der Waals surface area contributed by atoms with E-state index in [1.54, 1.807) is 32.3 Å². The number of carboxylic acid groups (broad SMARTS) is 1. The molecule has 1 fully saturated rings. The molecule has 0 aromatic heterocycles. The van der Waals surface area contributed by atoms with Gasteiger partial charge in [0, 0.05) is 14.1 Å². The predicted molar refractivity (Wildman–Crippen MR) is 94.0 cm³/mol. The Kier molecular flexibility index (Phi) is 5.72. The second-order valence-electron chi connectivity index (χ2n) is 4.48. The Balaban J connectivity index is 2.30. The summed E-state index contributed by atoms with van der Waals surface area (Å²) in [5.41, 5.74) is 0.686. The van der Waals surface area contributed by atoms with Crippen LogP contribution in [0.15, 0.2) is 26.5 Å². The van der Waals surface area contributed by atoms with E-state index in [4.69, 9.17) is 21.4 Å². The van der Waals surface area contributed by atoms with E-state index >= 15 is 0 Å². The number of aliphatic imine (C=N–C) groups is 1. The van der Waals surface area contributed by atoms with Gasteiger partial charge in [-0.2, -0.15) is 0 Å². The van der Waals surface area contributed by atoms with Gasteiger partial charge in [-0.15, -0.1) is 0 Å². The number of carboxylic acids is 1. The lowest BCUT2D eigenvalue weighted by molar-refractivity contribution is -0.139. The van der Waals surface area contributed by atoms with Crippen LogP contribution in [0, 0.1) is 0 Å². The molecule has 0 spiro atoms. The van der Waals surface area contributed by atoms with Crippen LogP contribution in [0.2, 0.25) is 5.02 Å². The molecule has 0 saturated carbocycles. The molecular weight excluding hydrogens is 408 g/mol. The van der Waals surface area contributed by atoms with Crippen molar-refractivity contribution in [1.82, 2.24) is 4.90 Å². The van der Waals surface area contributed by atoms with Gasteiger partial charge in [0.25, 0.3) is 5.91 Å². The third-order valence-electron chi connectivity index (χ3n) is 2.85. The van der Waals surface area contributed by atoms with Crippen molar-refractivity contribution >= 4 is 62.4 Å². The predicted octanol–water partition coefficient (Wildman–Crippen LogP) is 3.10. The highest BCUT2D eigenvalue weighted by atomic mass is 79.9. The Labute approximate surface area is 150 Å². The average molecular weight is 420 g/mol. The van der Waals surface area contributed by atoms with Crippen LogP contribution >= 0.6 is 39.3 Å². The SMILES string of the molecule is CN=C1S/C(=C/c2cc(Cl)c(OCC(=O)O)c(Br)c2)C(=O)N1C. The largest absolute Gasteiger partial charge is 0.479 e. The lowest BCUT2D eigenvalue weighted by Crippen LogP contribution is -2.23. The number of likely N-dealkylation sites (N-methyl/N-ethyl adjacent to an activating group) is 1. The number of amides is 1. The van der Waals surface area contributed by atoms with Crippen molar-refractivity contribution < 1.29 is 19.4 Å². The van der Waals surface area contributed by atoms with Crippen LogP contribution in [0.25, 0.3) is 6.08 Å². The van der Waals surface area contributed by atoms with Crippen LogP contribution in [-0.2, 0) is 9.59 Å². The molecule has 1 aliphatic rings. The van der Waals surface area contributed by atoms with E-state index in [0.29, 0.717) is 20.1 Å². The molecule has 6 nitrogen and oxygen atoms in total. The average Bonchev–Trinajstić information content (AvgIpc) is 2.74. The van der Waals surface area contributed by atoms with Crippen molar-refractivity contribution in [1.29, 1.82) is 0 Å². The van der Waals surface area contributed by atoms with Crippen LogP contribution in [0.4, 0.5) is 0 Å². The molecule has 1 amide bonds. The van der Waals surface area contributed by atoms with Gasteiger partial charge in [-0.25, -0.2) is 4.79 Å². The Morgan fingerprint density at radius 3 is 2.78 bits per heavy atom. The third kappa shape index (κ3) is 4.07. The van der Waals surface area contributed by atoms with E-state index in [1.807, 2.05) is 0 Å². The highest BCUT2D eigenvalue weighted by Gasteiger charge is 2.29. The highest BCUT2D eigenvalue weighted by Crippen LogP contribution is 2.37. The fourth-order valence-corrected chi connectivity index (χ4v) is 3.75. The quantitative estimate of drug-likeness (QED) is 0.759. The van der Waals surface area contributed by atoms with Gasteiger partial charge >= 0.3 is 5.97 Å². The standard InChI is InChI=1S/C14H12BrClN2O4S/c1-17-14-18(2)13(21)10(23-14)5-7-3-8(15)12(9(16)4-7)22-6-11(19)20/h3-5H,6H2,1-2H3,(H,19,20)/b10-5+,17-14?. The Hall–Kier alpha value is -1.51. The van der Waals surface area contributed by atoms with Crippen molar-refractivity contribution in [2.45, 2.75) is 0 Å². The molecule has 2 rings (SSSR count). The number of hydrogen-bond donors (Lipinski definition) is 1. The number of thioether (sulfide) groups is 1. The fraction of sp³-hybridized carbons (Fsp3) is 0.214. The number of hydrogen-bond acceptors (Lipinski definition) is 5. The molecule has 0 aliphatic carbocycles. The number of carbonyl (C=O) groups excluding carboxylic acids is 1. The van der Waals surface area contributed by atoms with Crippen LogP contribution in [0.5, 0.6) is 5.75 Å². The number of benzene rings is 1. The second kappa shape index (κ2) is 7.37. The van der Waals surface area contributed by atoms with Gasteiger partial charge in [0.1, 0.15) is 0 Å². The van der Waals surface area contributed by atoms with E-state index < -0.39 is 12.6 Å². The summed E-state index contributed by atoms with van der Waals surface area (Å²) in [5.74, 6) is -0.995. The fourth-order valence-electron chi connectivity index (χ4n) is 1.84. The van der Waals surface area contributed by atoms with Gasteiger partial charge in [0.15, 0.2) is 17.5 Å². The van der Waals surface area contributed by atoms with Gasteiger partial charge in [-0.1, -0.05) is 11.6 Å². The van der Waals surface area contributed by atoms with Crippen LogP contribution in [0.1, 0.15) is 5.56 Å². The van der Waals surface area contributed by atoms with Crippen LogP contribution < -0.4 is 4.74 Å². The maximum Gasteiger partial charge on any atom is 0.341 e. The summed E-state index contributed by atoms with van der Waals surface area (Å²) in [4.78, 5) is 28.7. The topological polar surface area (TPSA) is 79.2 Å². The van der Waals surface area contributed by atoms with E-state index in [0.717, 1.165) is 0 Å². The van der Waals surface area contributed by atoms with Gasteiger partial charge in [0.05, 0.1) is 14.4 Å². The summed E-state index contributed by atoms with van der Waals surface area (Å²) < 4.78 is 5.63. The number of halogens is 2. The van der Waals surface area contributed by atoms with Gasteiger partial charge < -0.3 is 9.84 Å².